The van der Waals surface area contributed by atoms with Crippen LogP contribution in [0.4, 0.5) is 0 Å². The fraction of sp³-hybridized carbons (Fsp3) is 0.917. The molecule has 1 fully saturated rings. The van der Waals surface area contributed by atoms with Gasteiger partial charge in [0, 0.05) is 6.04 Å². The average molecular weight is 276 g/mol. The summed E-state index contributed by atoms with van der Waals surface area (Å²) < 4.78 is -0.450. The molecule has 3 heteroatoms. The normalized spacial score (nSPS) is 26.1. The molecular weight excluding hydrogens is 254 g/mol. The Labute approximate surface area is 101 Å². The summed E-state index contributed by atoms with van der Waals surface area (Å²) >= 11 is 3.39. The van der Waals surface area contributed by atoms with Crippen molar-refractivity contribution in [3.63, 3.8) is 0 Å². The Morgan fingerprint density at radius 1 is 1.47 bits per heavy atom. The molecule has 1 rings (SSSR count). The van der Waals surface area contributed by atoms with Gasteiger partial charge in [0.15, 0.2) is 0 Å². The first kappa shape index (κ1) is 13.0. The van der Waals surface area contributed by atoms with Gasteiger partial charge in [-0.3, -0.25) is 4.79 Å². The van der Waals surface area contributed by atoms with Crippen LogP contribution in [0.25, 0.3) is 0 Å². The summed E-state index contributed by atoms with van der Waals surface area (Å²) in [5.41, 5.74) is 0.382. The predicted molar refractivity (Wildman–Crippen MR) is 67.2 cm³/mol. The Balaban J connectivity index is 2.49. The van der Waals surface area contributed by atoms with E-state index >= 15 is 0 Å². The molecule has 1 amide bonds. The molecule has 0 aliphatic heterocycles. The van der Waals surface area contributed by atoms with E-state index in [0.717, 1.165) is 12.8 Å². The van der Waals surface area contributed by atoms with Crippen molar-refractivity contribution in [1.82, 2.24) is 5.32 Å². The van der Waals surface area contributed by atoms with Crippen molar-refractivity contribution in [2.45, 2.75) is 63.7 Å². The standard InChI is InChI=1S/C12H22BrNO/c1-11(2)7-5-6-9(8-11)14-10(15)12(3,4)13/h9H,5-8H2,1-4H3,(H,14,15). The molecule has 88 valence electrons. The summed E-state index contributed by atoms with van der Waals surface area (Å²) in [6.45, 7) is 8.34. The number of carbonyl (C=O) groups is 1. The molecule has 0 saturated heterocycles. The minimum atomic E-state index is -0.450. The summed E-state index contributed by atoms with van der Waals surface area (Å²) in [6.07, 6.45) is 4.72. The fourth-order valence-corrected chi connectivity index (χ4v) is 2.29. The molecule has 0 aromatic heterocycles. The van der Waals surface area contributed by atoms with Crippen LogP contribution in [0, 0.1) is 5.41 Å². The van der Waals surface area contributed by atoms with Gasteiger partial charge >= 0.3 is 0 Å². The number of nitrogens with one attached hydrogen (secondary N) is 1. The number of rotatable bonds is 2. The maximum absolute atomic E-state index is 11.8. The third kappa shape index (κ3) is 4.13. The molecule has 0 spiro atoms. The second-order valence-electron chi connectivity index (χ2n) is 5.90. The monoisotopic (exact) mass is 275 g/mol. The Hall–Kier alpha value is -0.0500. The highest BCUT2D eigenvalue weighted by Gasteiger charge is 2.31. The van der Waals surface area contributed by atoms with Crippen LogP contribution in [0.5, 0.6) is 0 Å². The lowest BCUT2D eigenvalue weighted by molar-refractivity contribution is -0.123. The number of amides is 1. The third-order valence-corrected chi connectivity index (χ3v) is 3.44. The first-order valence-electron chi connectivity index (χ1n) is 5.71. The molecule has 1 unspecified atom stereocenters. The molecule has 2 nitrogen and oxygen atoms in total. The molecule has 15 heavy (non-hydrogen) atoms. The number of carbonyl (C=O) groups excluding carboxylic acids is 1. The molecule has 1 aliphatic rings. The summed E-state index contributed by atoms with van der Waals surface area (Å²) in [6, 6.07) is 0.359. The van der Waals surface area contributed by atoms with E-state index < -0.39 is 4.32 Å². The SMILES string of the molecule is CC1(C)CCCC(NC(=O)C(C)(C)Br)C1. The average Bonchev–Trinajstić information content (AvgIpc) is 2.00. The maximum Gasteiger partial charge on any atom is 0.236 e. The molecule has 1 N–H and O–H groups in total. The van der Waals surface area contributed by atoms with E-state index in [2.05, 4.69) is 35.1 Å². The van der Waals surface area contributed by atoms with Gasteiger partial charge in [0.05, 0.1) is 4.32 Å². The van der Waals surface area contributed by atoms with Crippen molar-refractivity contribution in [1.29, 1.82) is 0 Å². The van der Waals surface area contributed by atoms with Crippen LogP contribution >= 0.6 is 15.9 Å². The van der Waals surface area contributed by atoms with E-state index in [1.807, 2.05) is 13.8 Å². The second-order valence-corrected chi connectivity index (χ2v) is 7.89. The molecule has 0 bridgehead atoms. The third-order valence-electron chi connectivity index (χ3n) is 3.08. The summed E-state index contributed by atoms with van der Waals surface area (Å²) in [5, 5.41) is 3.13. The number of alkyl halides is 1. The highest BCUT2D eigenvalue weighted by molar-refractivity contribution is 9.10. The van der Waals surface area contributed by atoms with Gasteiger partial charge in [0.1, 0.15) is 0 Å². The van der Waals surface area contributed by atoms with E-state index in [1.54, 1.807) is 0 Å². The first-order valence-corrected chi connectivity index (χ1v) is 6.50. The number of hydrogen-bond donors (Lipinski definition) is 1. The lowest BCUT2D eigenvalue weighted by Gasteiger charge is -2.36. The molecule has 1 aliphatic carbocycles. The molecular formula is C12H22BrNO. The number of halogens is 1. The molecule has 0 radical (unpaired) electrons. The molecule has 1 atom stereocenters. The maximum atomic E-state index is 11.8. The zero-order valence-corrected chi connectivity index (χ0v) is 11.8. The summed E-state index contributed by atoms with van der Waals surface area (Å²) in [7, 11) is 0. The lowest BCUT2D eigenvalue weighted by Crippen LogP contribution is -2.46. The minimum Gasteiger partial charge on any atom is -0.352 e. The van der Waals surface area contributed by atoms with Crippen LogP contribution in [0.15, 0.2) is 0 Å². The van der Waals surface area contributed by atoms with Gasteiger partial charge in [-0.25, -0.2) is 0 Å². The van der Waals surface area contributed by atoms with Gasteiger partial charge in [-0.2, -0.15) is 0 Å². The highest BCUT2D eigenvalue weighted by atomic mass is 79.9. The summed E-state index contributed by atoms with van der Waals surface area (Å²) in [5.74, 6) is 0.102. The predicted octanol–water partition coefficient (Wildman–Crippen LogP) is 3.24. The van der Waals surface area contributed by atoms with Gasteiger partial charge in [-0.05, 0) is 38.5 Å². The van der Waals surface area contributed by atoms with Crippen LogP contribution in [0.2, 0.25) is 0 Å². The molecule has 0 heterocycles. The van der Waals surface area contributed by atoms with Crippen molar-refractivity contribution in [2.24, 2.45) is 5.41 Å². The Kier molecular flexibility index (Phi) is 3.85. The van der Waals surface area contributed by atoms with Crippen molar-refractivity contribution < 1.29 is 4.79 Å². The Bertz CT molecular complexity index is 242. The Morgan fingerprint density at radius 3 is 2.53 bits per heavy atom. The Morgan fingerprint density at radius 2 is 2.07 bits per heavy atom. The zero-order chi connectivity index (χ0) is 11.7. The number of hydrogen-bond acceptors (Lipinski definition) is 1. The second kappa shape index (κ2) is 4.44. The van der Waals surface area contributed by atoms with E-state index in [1.165, 1.54) is 12.8 Å². The van der Waals surface area contributed by atoms with Gasteiger partial charge in [-0.1, -0.05) is 36.2 Å². The van der Waals surface area contributed by atoms with Crippen molar-refractivity contribution in [2.75, 3.05) is 0 Å². The van der Waals surface area contributed by atoms with E-state index in [9.17, 15) is 4.79 Å². The van der Waals surface area contributed by atoms with Crippen LogP contribution in [0.1, 0.15) is 53.4 Å². The van der Waals surface area contributed by atoms with Crippen molar-refractivity contribution >= 4 is 21.8 Å². The van der Waals surface area contributed by atoms with Gasteiger partial charge in [0.25, 0.3) is 0 Å². The highest BCUT2D eigenvalue weighted by Crippen LogP contribution is 2.35. The van der Waals surface area contributed by atoms with Crippen LogP contribution < -0.4 is 5.32 Å². The molecule has 0 aromatic rings. The van der Waals surface area contributed by atoms with Gasteiger partial charge in [-0.15, -0.1) is 0 Å². The largest absolute Gasteiger partial charge is 0.352 e. The van der Waals surface area contributed by atoms with E-state index in [-0.39, 0.29) is 5.91 Å². The van der Waals surface area contributed by atoms with Gasteiger partial charge in [0.2, 0.25) is 5.91 Å². The summed E-state index contributed by atoms with van der Waals surface area (Å²) in [4.78, 5) is 11.8. The first-order chi connectivity index (χ1) is 6.71. The van der Waals surface area contributed by atoms with Gasteiger partial charge < -0.3 is 5.32 Å². The fourth-order valence-electron chi connectivity index (χ4n) is 2.18. The van der Waals surface area contributed by atoms with Crippen molar-refractivity contribution in [3.05, 3.63) is 0 Å². The molecule has 1 saturated carbocycles. The minimum absolute atomic E-state index is 0.102. The van der Waals surface area contributed by atoms with Crippen LogP contribution in [-0.4, -0.2) is 16.3 Å². The van der Waals surface area contributed by atoms with Crippen LogP contribution in [-0.2, 0) is 4.79 Å². The van der Waals surface area contributed by atoms with E-state index in [0.29, 0.717) is 11.5 Å². The van der Waals surface area contributed by atoms with Crippen molar-refractivity contribution in [3.8, 4) is 0 Å². The van der Waals surface area contributed by atoms with E-state index in [4.69, 9.17) is 0 Å². The quantitative estimate of drug-likeness (QED) is 0.771. The zero-order valence-electron chi connectivity index (χ0n) is 10.2. The molecule has 0 aromatic carbocycles. The lowest BCUT2D eigenvalue weighted by atomic mass is 9.75. The van der Waals surface area contributed by atoms with Crippen LogP contribution in [0.3, 0.4) is 0 Å². The smallest absolute Gasteiger partial charge is 0.236 e. The topological polar surface area (TPSA) is 29.1 Å².